The minimum absolute atomic E-state index is 0.811. The SMILES string of the molecule is CCNC(=NCCCN(CC)c1ccccc1)NCCc1cnn(C)c1. The van der Waals surface area contributed by atoms with Crippen molar-refractivity contribution in [3.05, 3.63) is 48.3 Å². The van der Waals surface area contributed by atoms with Crippen LogP contribution in [-0.4, -0.2) is 48.5 Å². The van der Waals surface area contributed by atoms with Crippen molar-refractivity contribution in [2.75, 3.05) is 37.6 Å². The number of para-hydroxylation sites is 1. The monoisotopic (exact) mass is 356 g/mol. The van der Waals surface area contributed by atoms with Crippen molar-refractivity contribution >= 4 is 11.6 Å². The van der Waals surface area contributed by atoms with Crippen LogP contribution in [-0.2, 0) is 13.5 Å². The van der Waals surface area contributed by atoms with Gasteiger partial charge in [0.05, 0.1) is 6.20 Å². The molecule has 0 unspecified atom stereocenters. The van der Waals surface area contributed by atoms with Crippen molar-refractivity contribution in [3.8, 4) is 0 Å². The van der Waals surface area contributed by atoms with Crippen LogP contribution in [0.15, 0.2) is 47.7 Å². The van der Waals surface area contributed by atoms with Crippen molar-refractivity contribution < 1.29 is 0 Å². The van der Waals surface area contributed by atoms with Gasteiger partial charge in [-0.25, -0.2) is 0 Å². The average Bonchev–Trinajstić information content (AvgIpc) is 3.07. The molecule has 0 amide bonds. The van der Waals surface area contributed by atoms with Crippen LogP contribution < -0.4 is 15.5 Å². The third-order valence-corrected chi connectivity index (χ3v) is 4.17. The highest BCUT2D eigenvalue weighted by molar-refractivity contribution is 5.79. The smallest absolute Gasteiger partial charge is 0.191 e. The highest BCUT2D eigenvalue weighted by Gasteiger charge is 2.03. The first-order valence-electron chi connectivity index (χ1n) is 9.52. The Morgan fingerprint density at radius 1 is 1.19 bits per heavy atom. The third kappa shape index (κ3) is 6.78. The molecule has 0 fully saturated rings. The van der Waals surface area contributed by atoms with Crippen LogP contribution in [0.1, 0.15) is 25.8 Å². The molecule has 0 aliphatic rings. The molecule has 1 heterocycles. The molecule has 26 heavy (non-hydrogen) atoms. The number of aliphatic imine (C=N–C) groups is 1. The second-order valence-corrected chi connectivity index (χ2v) is 6.23. The van der Waals surface area contributed by atoms with Crippen LogP contribution in [0.25, 0.3) is 0 Å². The fraction of sp³-hybridized carbons (Fsp3) is 0.500. The molecule has 2 rings (SSSR count). The summed E-state index contributed by atoms with van der Waals surface area (Å²) in [6.45, 7) is 8.83. The largest absolute Gasteiger partial charge is 0.372 e. The molecule has 0 saturated heterocycles. The highest BCUT2D eigenvalue weighted by atomic mass is 15.2. The summed E-state index contributed by atoms with van der Waals surface area (Å²) in [6, 6.07) is 10.6. The second kappa shape index (κ2) is 11.2. The lowest BCUT2D eigenvalue weighted by Gasteiger charge is -2.22. The molecule has 0 aliphatic heterocycles. The van der Waals surface area contributed by atoms with E-state index in [9.17, 15) is 0 Å². The molecule has 0 saturated carbocycles. The Bertz CT molecular complexity index is 649. The Labute approximate surface area is 157 Å². The van der Waals surface area contributed by atoms with Gasteiger partial charge >= 0.3 is 0 Å². The van der Waals surface area contributed by atoms with Crippen molar-refractivity contribution in [2.45, 2.75) is 26.7 Å². The molecule has 1 aromatic carbocycles. The lowest BCUT2D eigenvalue weighted by molar-refractivity contribution is 0.740. The number of aromatic nitrogens is 2. The number of nitrogens with one attached hydrogen (secondary N) is 2. The van der Waals surface area contributed by atoms with E-state index in [4.69, 9.17) is 4.99 Å². The molecule has 142 valence electrons. The van der Waals surface area contributed by atoms with Gasteiger partial charge in [0.1, 0.15) is 0 Å². The third-order valence-electron chi connectivity index (χ3n) is 4.17. The topological polar surface area (TPSA) is 57.5 Å². The van der Waals surface area contributed by atoms with Gasteiger partial charge in [-0.2, -0.15) is 5.10 Å². The Morgan fingerprint density at radius 2 is 2.00 bits per heavy atom. The molecule has 0 bridgehead atoms. The minimum atomic E-state index is 0.811. The summed E-state index contributed by atoms with van der Waals surface area (Å²) in [5.41, 5.74) is 2.51. The maximum absolute atomic E-state index is 4.70. The van der Waals surface area contributed by atoms with E-state index in [0.29, 0.717) is 0 Å². The van der Waals surface area contributed by atoms with E-state index in [1.54, 1.807) is 0 Å². The Kier molecular flexibility index (Phi) is 8.52. The molecular weight excluding hydrogens is 324 g/mol. The zero-order valence-electron chi connectivity index (χ0n) is 16.3. The molecule has 0 radical (unpaired) electrons. The van der Waals surface area contributed by atoms with E-state index in [1.807, 2.05) is 17.9 Å². The first-order chi connectivity index (χ1) is 12.7. The van der Waals surface area contributed by atoms with E-state index in [0.717, 1.165) is 51.5 Å². The van der Waals surface area contributed by atoms with Gasteiger partial charge in [0.2, 0.25) is 0 Å². The van der Waals surface area contributed by atoms with Crippen LogP contribution in [0.2, 0.25) is 0 Å². The van der Waals surface area contributed by atoms with E-state index < -0.39 is 0 Å². The fourth-order valence-electron chi connectivity index (χ4n) is 2.83. The van der Waals surface area contributed by atoms with E-state index in [2.05, 4.69) is 71.0 Å². The van der Waals surface area contributed by atoms with Crippen LogP contribution in [0, 0.1) is 0 Å². The number of hydrogen-bond donors (Lipinski definition) is 2. The Balaban J connectivity index is 1.75. The van der Waals surface area contributed by atoms with Crippen molar-refractivity contribution in [1.82, 2.24) is 20.4 Å². The number of anilines is 1. The average molecular weight is 357 g/mol. The number of benzene rings is 1. The van der Waals surface area contributed by atoms with Crippen molar-refractivity contribution in [1.29, 1.82) is 0 Å². The normalized spacial score (nSPS) is 11.4. The number of rotatable bonds is 10. The van der Waals surface area contributed by atoms with Gasteiger partial charge in [-0.3, -0.25) is 9.67 Å². The first kappa shape index (κ1) is 19.8. The van der Waals surface area contributed by atoms with Crippen molar-refractivity contribution in [3.63, 3.8) is 0 Å². The maximum atomic E-state index is 4.70. The van der Waals surface area contributed by atoms with Gasteiger partial charge < -0.3 is 15.5 Å². The molecule has 0 aliphatic carbocycles. The fourth-order valence-corrected chi connectivity index (χ4v) is 2.83. The minimum Gasteiger partial charge on any atom is -0.372 e. The summed E-state index contributed by atoms with van der Waals surface area (Å²) < 4.78 is 1.83. The molecule has 0 atom stereocenters. The predicted molar refractivity (Wildman–Crippen MR) is 110 cm³/mol. The summed E-state index contributed by atoms with van der Waals surface area (Å²) in [4.78, 5) is 7.08. The Hall–Kier alpha value is -2.50. The first-order valence-corrected chi connectivity index (χ1v) is 9.52. The number of aryl methyl sites for hydroxylation is 1. The van der Waals surface area contributed by atoms with Crippen LogP contribution >= 0.6 is 0 Å². The number of hydrogen-bond acceptors (Lipinski definition) is 3. The number of guanidine groups is 1. The highest BCUT2D eigenvalue weighted by Crippen LogP contribution is 2.12. The summed E-state index contributed by atoms with van der Waals surface area (Å²) in [7, 11) is 1.94. The van der Waals surface area contributed by atoms with E-state index >= 15 is 0 Å². The van der Waals surface area contributed by atoms with Gasteiger partial charge in [0.25, 0.3) is 0 Å². The number of nitrogens with zero attached hydrogens (tertiary/aromatic N) is 4. The maximum Gasteiger partial charge on any atom is 0.191 e. The van der Waals surface area contributed by atoms with Gasteiger partial charge in [-0.05, 0) is 44.4 Å². The van der Waals surface area contributed by atoms with Crippen LogP contribution in [0.5, 0.6) is 0 Å². The van der Waals surface area contributed by atoms with Gasteiger partial charge in [0, 0.05) is 51.7 Å². The summed E-state index contributed by atoms with van der Waals surface area (Å²) >= 11 is 0. The molecular formula is C20H32N6. The quantitative estimate of drug-likeness (QED) is 0.390. The van der Waals surface area contributed by atoms with Gasteiger partial charge in [-0.15, -0.1) is 0 Å². The lowest BCUT2D eigenvalue weighted by atomic mass is 10.2. The molecule has 6 nitrogen and oxygen atoms in total. The summed E-state index contributed by atoms with van der Waals surface area (Å²) in [5.74, 6) is 0.888. The summed E-state index contributed by atoms with van der Waals surface area (Å²) in [6.07, 6.45) is 5.93. The summed E-state index contributed by atoms with van der Waals surface area (Å²) in [5, 5.41) is 10.9. The van der Waals surface area contributed by atoms with Crippen molar-refractivity contribution in [2.24, 2.45) is 12.0 Å². The Morgan fingerprint density at radius 3 is 2.65 bits per heavy atom. The molecule has 1 aromatic heterocycles. The van der Waals surface area contributed by atoms with Crippen LogP contribution in [0.4, 0.5) is 5.69 Å². The zero-order chi connectivity index (χ0) is 18.6. The van der Waals surface area contributed by atoms with Crippen LogP contribution in [0.3, 0.4) is 0 Å². The van der Waals surface area contributed by atoms with E-state index in [-0.39, 0.29) is 0 Å². The standard InChI is InChI=1S/C20H32N6/c1-4-21-20(23-14-12-18-16-24-25(3)17-18)22-13-9-15-26(5-2)19-10-7-6-8-11-19/h6-8,10-11,16-17H,4-5,9,12-15H2,1-3H3,(H2,21,22,23). The lowest BCUT2D eigenvalue weighted by Crippen LogP contribution is -2.38. The molecule has 0 spiro atoms. The zero-order valence-corrected chi connectivity index (χ0v) is 16.3. The van der Waals surface area contributed by atoms with Gasteiger partial charge in [0.15, 0.2) is 5.96 Å². The van der Waals surface area contributed by atoms with E-state index in [1.165, 1.54) is 11.3 Å². The predicted octanol–water partition coefficient (Wildman–Crippen LogP) is 2.43. The van der Waals surface area contributed by atoms with Gasteiger partial charge in [-0.1, -0.05) is 18.2 Å². The molecule has 2 aromatic rings. The molecule has 6 heteroatoms. The molecule has 2 N–H and O–H groups in total. The second-order valence-electron chi connectivity index (χ2n) is 6.23.